The quantitative estimate of drug-likeness (QED) is 0.696. The van der Waals surface area contributed by atoms with E-state index in [4.69, 9.17) is 4.74 Å². The topological polar surface area (TPSA) is 51.2 Å². The molecule has 0 aliphatic heterocycles. The van der Waals surface area contributed by atoms with Crippen LogP contribution < -0.4 is 5.32 Å². The van der Waals surface area contributed by atoms with Gasteiger partial charge in [0.15, 0.2) is 0 Å². The van der Waals surface area contributed by atoms with E-state index >= 15 is 0 Å². The van der Waals surface area contributed by atoms with Crippen molar-refractivity contribution in [2.24, 2.45) is 0 Å². The molecular formula is C21H22N2O2S. The number of aryl methyl sites for hydroxylation is 1. The van der Waals surface area contributed by atoms with Crippen LogP contribution in [0.15, 0.2) is 54.7 Å². The lowest BCUT2D eigenvalue weighted by Crippen LogP contribution is -2.35. The largest absolute Gasteiger partial charge is 0.383 e. The molecule has 0 saturated carbocycles. The Morgan fingerprint density at radius 1 is 1.12 bits per heavy atom. The zero-order valence-electron chi connectivity index (χ0n) is 15.2. The van der Waals surface area contributed by atoms with Crippen LogP contribution in [-0.4, -0.2) is 30.0 Å². The summed E-state index contributed by atoms with van der Waals surface area (Å²) in [7, 11) is 1.63. The maximum absolute atomic E-state index is 12.7. The number of hydrogen-bond acceptors (Lipinski definition) is 4. The van der Waals surface area contributed by atoms with E-state index in [1.54, 1.807) is 13.3 Å². The number of hydrogen-bond donors (Lipinski definition) is 1. The smallest absolute Gasteiger partial charge is 0.251 e. The summed E-state index contributed by atoms with van der Waals surface area (Å²) in [5, 5.41) is 2.98. The Morgan fingerprint density at radius 2 is 1.85 bits per heavy atom. The molecule has 4 nitrogen and oxygen atoms in total. The lowest BCUT2D eigenvalue weighted by Gasteiger charge is -2.14. The van der Waals surface area contributed by atoms with Crippen molar-refractivity contribution < 1.29 is 9.53 Å². The highest BCUT2D eigenvalue weighted by Crippen LogP contribution is 2.30. The zero-order valence-corrected chi connectivity index (χ0v) is 16.0. The van der Waals surface area contributed by atoms with Gasteiger partial charge in [0, 0.05) is 24.9 Å². The van der Waals surface area contributed by atoms with E-state index in [0.29, 0.717) is 12.2 Å². The van der Waals surface area contributed by atoms with Gasteiger partial charge in [-0.25, -0.2) is 4.37 Å². The van der Waals surface area contributed by atoms with Crippen molar-refractivity contribution in [3.05, 3.63) is 65.9 Å². The van der Waals surface area contributed by atoms with Gasteiger partial charge in [-0.3, -0.25) is 4.79 Å². The van der Waals surface area contributed by atoms with Gasteiger partial charge in [0.1, 0.15) is 0 Å². The predicted molar refractivity (Wildman–Crippen MR) is 107 cm³/mol. The first kappa shape index (κ1) is 18.3. The van der Waals surface area contributed by atoms with Crippen LogP contribution >= 0.6 is 11.5 Å². The molecule has 1 aromatic heterocycles. The molecule has 0 radical (unpaired) electrons. The fourth-order valence-corrected chi connectivity index (χ4v) is 3.36. The maximum atomic E-state index is 12.7. The molecule has 0 aliphatic rings. The summed E-state index contributed by atoms with van der Waals surface area (Å²) in [6.45, 7) is 4.47. The lowest BCUT2D eigenvalue weighted by molar-refractivity contribution is 0.0905. The van der Waals surface area contributed by atoms with E-state index in [9.17, 15) is 4.79 Å². The molecule has 1 N–H and O–H groups in total. The van der Waals surface area contributed by atoms with Gasteiger partial charge < -0.3 is 10.1 Å². The molecular weight excluding hydrogens is 344 g/mol. The lowest BCUT2D eigenvalue weighted by atomic mass is 9.98. The fourth-order valence-electron chi connectivity index (χ4n) is 2.78. The number of nitrogens with one attached hydrogen (secondary N) is 1. The second-order valence-corrected chi connectivity index (χ2v) is 7.20. The molecule has 1 unspecified atom stereocenters. The summed E-state index contributed by atoms with van der Waals surface area (Å²) in [6, 6.07) is 16.2. The predicted octanol–water partition coefficient (Wildman–Crippen LogP) is 4.55. The molecule has 0 aliphatic carbocycles. The number of amides is 1. The van der Waals surface area contributed by atoms with Crippen LogP contribution in [-0.2, 0) is 4.74 Å². The molecule has 0 saturated heterocycles. The fraction of sp³-hybridized carbons (Fsp3) is 0.238. The monoisotopic (exact) mass is 366 g/mol. The normalized spacial score (nSPS) is 12.0. The number of ether oxygens (including phenoxy) is 1. The van der Waals surface area contributed by atoms with Crippen LogP contribution in [0.1, 0.15) is 22.8 Å². The third-order valence-electron chi connectivity index (χ3n) is 4.10. The Hall–Kier alpha value is -2.50. The number of methoxy groups -OCH3 is 1. The summed E-state index contributed by atoms with van der Waals surface area (Å²) < 4.78 is 9.29. The number of carbonyl (C=O) groups excluding carboxylic acids is 1. The summed E-state index contributed by atoms with van der Waals surface area (Å²) >= 11 is 1.42. The van der Waals surface area contributed by atoms with Crippen molar-refractivity contribution in [1.29, 1.82) is 0 Å². The van der Waals surface area contributed by atoms with Gasteiger partial charge in [-0.15, -0.1) is 0 Å². The van der Waals surface area contributed by atoms with Gasteiger partial charge in [-0.2, -0.15) is 0 Å². The summed E-state index contributed by atoms with van der Waals surface area (Å²) in [4.78, 5) is 13.8. The minimum atomic E-state index is -0.103. The third-order valence-corrected chi connectivity index (χ3v) is 4.89. The van der Waals surface area contributed by atoms with E-state index in [2.05, 4.69) is 46.9 Å². The molecule has 5 heteroatoms. The number of rotatable bonds is 6. The van der Waals surface area contributed by atoms with E-state index in [1.165, 1.54) is 17.1 Å². The molecule has 0 spiro atoms. The second kappa shape index (κ2) is 8.25. The molecule has 3 rings (SSSR count). The third kappa shape index (κ3) is 4.36. The van der Waals surface area contributed by atoms with E-state index < -0.39 is 0 Å². The Bertz CT molecular complexity index is 874. The van der Waals surface area contributed by atoms with E-state index in [1.807, 2.05) is 25.1 Å². The Morgan fingerprint density at radius 3 is 2.50 bits per heavy atom. The van der Waals surface area contributed by atoms with Crippen molar-refractivity contribution in [3.8, 4) is 21.6 Å². The van der Waals surface area contributed by atoms with Crippen LogP contribution in [0, 0.1) is 6.92 Å². The molecule has 1 amide bonds. The molecule has 3 aromatic rings. The molecule has 134 valence electrons. The minimum Gasteiger partial charge on any atom is -0.383 e. The number of nitrogens with zero attached hydrogens (tertiary/aromatic N) is 1. The Balaban J connectivity index is 2.00. The Kier molecular flexibility index (Phi) is 5.81. The average molecular weight is 366 g/mol. The molecule has 26 heavy (non-hydrogen) atoms. The molecule has 0 fully saturated rings. The molecule has 1 heterocycles. The number of benzene rings is 2. The highest BCUT2D eigenvalue weighted by molar-refractivity contribution is 7.09. The average Bonchev–Trinajstić information content (AvgIpc) is 3.17. The summed E-state index contributed by atoms with van der Waals surface area (Å²) in [5.74, 6) is -0.103. The summed E-state index contributed by atoms with van der Waals surface area (Å²) in [6.07, 6.45) is 1.78. The Labute approximate surface area is 158 Å². The van der Waals surface area contributed by atoms with Crippen molar-refractivity contribution in [3.63, 3.8) is 0 Å². The van der Waals surface area contributed by atoms with Crippen LogP contribution in [0.5, 0.6) is 0 Å². The zero-order chi connectivity index (χ0) is 18.5. The highest BCUT2D eigenvalue weighted by Gasteiger charge is 2.14. The van der Waals surface area contributed by atoms with Crippen LogP contribution in [0.4, 0.5) is 0 Å². The number of aromatic nitrogens is 1. The minimum absolute atomic E-state index is 0.0533. The van der Waals surface area contributed by atoms with Crippen LogP contribution in [0.2, 0.25) is 0 Å². The molecule has 2 aromatic carbocycles. The van der Waals surface area contributed by atoms with Crippen LogP contribution in [0.25, 0.3) is 21.6 Å². The second-order valence-electron chi connectivity index (χ2n) is 6.37. The van der Waals surface area contributed by atoms with Crippen molar-refractivity contribution >= 4 is 17.4 Å². The van der Waals surface area contributed by atoms with Crippen molar-refractivity contribution in [2.75, 3.05) is 13.7 Å². The van der Waals surface area contributed by atoms with Gasteiger partial charge in [0.05, 0.1) is 11.5 Å². The van der Waals surface area contributed by atoms with Crippen molar-refractivity contribution in [1.82, 2.24) is 9.69 Å². The van der Waals surface area contributed by atoms with Crippen molar-refractivity contribution in [2.45, 2.75) is 19.9 Å². The van der Waals surface area contributed by atoms with E-state index in [-0.39, 0.29) is 11.9 Å². The number of carbonyl (C=O) groups is 1. The van der Waals surface area contributed by atoms with Gasteiger partial charge in [0.2, 0.25) is 0 Å². The van der Waals surface area contributed by atoms with Crippen LogP contribution in [0.3, 0.4) is 0 Å². The van der Waals surface area contributed by atoms with Gasteiger partial charge in [-0.05, 0) is 66.3 Å². The molecule has 1 atom stereocenters. The standard InChI is InChI=1S/C21H22N2O2S/c1-14-4-6-16(7-5-14)17-10-18(20-8-9-22-26-20)12-19(11-17)21(24)23-15(2)13-25-3/h4-12,15H,13H2,1-3H3,(H,23,24). The maximum Gasteiger partial charge on any atom is 0.251 e. The SMILES string of the molecule is COCC(C)NC(=O)c1cc(-c2ccc(C)cc2)cc(-c2ccns2)c1. The first-order chi connectivity index (χ1) is 12.6. The van der Waals surface area contributed by atoms with E-state index in [0.717, 1.165) is 21.6 Å². The summed E-state index contributed by atoms with van der Waals surface area (Å²) in [5.41, 5.74) is 4.93. The molecule has 0 bridgehead atoms. The van der Waals surface area contributed by atoms with Gasteiger partial charge in [-0.1, -0.05) is 29.8 Å². The first-order valence-corrected chi connectivity index (χ1v) is 9.27. The highest BCUT2D eigenvalue weighted by atomic mass is 32.1. The van der Waals surface area contributed by atoms with Gasteiger partial charge >= 0.3 is 0 Å². The first-order valence-electron chi connectivity index (χ1n) is 8.50. The van der Waals surface area contributed by atoms with Gasteiger partial charge in [0.25, 0.3) is 5.91 Å².